The number of aliphatic hydroxyl groups excluding tert-OH is 20. The number of esters is 1. The van der Waals surface area contributed by atoms with Crippen LogP contribution in [-0.4, -0.2) is 338 Å². The summed E-state index contributed by atoms with van der Waals surface area (Å²) in [6.45, 7) is 0.383. The van der Waals surface area contributed by atoms with E-state index in [2.05, 4.69) is 13.0 Å². The van der Waals surface area contributed by atoms with Crippen molar-refractivity contribution in [3.8, 4) is 0 Å². The molecule has 2 bridgehead atoms. The van der Waals surface area contributed by atoms with Gasteiger partial charge in [-0.15, -0.1) is 0 Å². The second-order valence-electron chi connectivity index (χ2n) is 26.3. The molecular weight excluding hydrogens is 1200 g/mol. The number of carbonyl (C=O) groups excluding carboxylic acids is 1. The minimum absolute atomic E-state index is 0.170. The van der Waals surface area contributed by atoms with E-state index < -0.39 is 258 Å². The monoisotopic (exact) mass is 1290 g/mol. The van der Waals surface area contributed by atoms with Crippen molar-refractivity contribution in [1.82, 2.24) is 0 Å². The third-order valence-electron chi connectivity index (χ3n) is 21.2. The highest BCUT2D eigenvalue weighted by Crippen LogP contribution is 2.72. The van der Waals surface area contributed by atoms with Gasteiger partial charge in [0, 0.05) is 0 Å². The van der Waals surface area contributed by atoms with Crippen molar-refractivity contribution in [2.75, 3.05) is 39.6 Å². The van der Waals surface area contributed by atoms with Crippen LogP contribution in [0.2, 0.25) is 0 Å². The highest BCUT2D eigenvalue weighted by molar-refractivity contribution is 5.77. The number of ether oxygens (including phenoxy) is 12. The van der Waals surface area contributed by atoms with Crippen LogP contribution in [0.4, 0.5) is 0 Å². The van der Waals surface area contributed by atoms with Crippen molar-refractivity contribution in [2.45, 2.75) is 262 Å². The molecule has 9 fully saturated rings. The van der Waals surface area contributed by atoms with E-state index in [4.69, 9.17) is 56.8 Å². The SMILES string of the molecule is CC1=C[C@@]23CCC4[C@](C)(C(=O)OC5OC(CO)C(O)C(OC6OC(CO)C(O)C(O)C6O)C5OC5OC(CO)C(O)C(O)C5O)CCC[C@@]4(C)[C@@H]2CC[C@]1(OC1OC(CO)[C@H](O)C(OC2OC(CO)C(O)C(O)C2O)C1OC1OC(CO)C(O)C(O)C1O)C3. The van der Waals surface area contributed by atoms with Gasteiger partial charge in [0.1, 0.15) is 140 Å². The quantitative estimate of drug-likeness (QED) is 0.0344. The summed E-state index contributed by atoms with van der Waals surface area (Å²) in [6, 6.07) is 0. The van der Waals surface area contributed by atoms with E-state index in [1.165, 1.54) is 0 Å². The number of hydrogen-bond acceptors (Lipinski definition) is 33. The minimum Gasteiger partial charge on any atom is -0.432 e. The molecule has 0 aromatic carbocycles. The molecule has 36 atom stereocenters. The number of rotatable bonds is 18. The molecule has 0 aromatic rings. The van der Waals surface area contributed by atoms with E-state index in [9.17, 15) is 102 Å². The van der Waals surface area contributed by atoms with Gasteiger partial charge in [0.25, 0.3) is 0 Å². The lowest BCUT2D eigenvalue weighted by molar-refractivity contribution is -0.400. The molecule has 0 amide bonds. The Morgan fingerprint density at radius 1 is 0.427 bits per heavy atom. The molecule has 0 aromatic heterocycles. The van der Waals surface area contributed by atoms with Crippen molar-refractivity contribution in [3.05, 3.63) is 11.6 Å². The summed E-state index contributed by atoms with van der Waals surface area (Å²) in [7, 11) is 0. The van der Waals surface area contributed by atoms with E-state index in [0.717, 1.165) is 5.57 Å². The number of carbonyl (C=O) groups is 1. The molecule has 89 heavy (non-hydrogen) atoms. The molecule has 10 rings (SSSR count). The standard InChI is InChI=1S/C56H90O33/c1-19-11-55-9-5-26-53(2,7-4-8-54(26,3)52(77)88-50-44(86-48-40(75)36(71)30(65)22(14-59)80-48)42(32(67)24(16-61)82-50)84-46-38(73)34(69)28(63)20(12-57)78-46)27(55)6-10-56(19,18-55)89-51-45(87-49-41(76)37(72)31(66)23(15-60)81-49)43(33(68)25(17-62)83-51)85-47-39(74)35(70)29(64)21(13-58)79-47/h11,20-51,57-76H,4-10,12-18H2,1-3H3/t20?,21?,22?,23?,24?,25?,26?,27-,28?,29?,30?,31?,32?,33-,34?,35?,36?,37?,38?,39?,40?,41?,42?,43?,44?,45?,46?,47?,48?,49?,50?,51?,53+,54+,55+,56-/m0/s1. The predicted octanol–water partition coefficient (Wildman–Crippen LogP) is -9.47. The first-order valence-corrected chi connectivity index (χ1v) is 30.4. The molecule has 30 unspecified atom stereocenters. The van der Waals surface area contributed by atoms with Gasteiger partial charge in [-0.05, 0) is 87.0 Å². The predicted molar refractivity (Wildman–Crippen MR) is 284 cm³/mol. The van der Waals surface area contributed by atoms with E-state index >= 15 is 4.79 Å². The molecule has 33 nitrogen and oxygen atoms in total. The van der Waals surface area contributed by atoms with Crippen LogP contribution >= 0.6 is 0 Å². The molecule has 1 spiro atoms. The van der Waals surface area contributed by atoms with Gasteiger partial charge in [-0.1, -0.05) is 19.4 Å². The van der Waals surface area contributed by atoms with Gasteiger partial charge in [-0.25, -0.2) is 0 Å². The Balaban J connectivity index is 0.922. The van der Waals surface area contributed by atoms with Gasteiger partial charge in [-0.2, -0.15) is 0 Å². The van der Waals surface area contributed by atoms with E-state index in [1.807, 2.05) is 6.92 Å². The first kappa shape index (κ1) is 69.8. The first-order valence-electron chi connectivity index (χ1n) is 30.4. The fraction of sp³-hybridized carbons (Fsp3) is 0.946. The Morgan fingerprint density at radius 3 is 1.18 bits per heavy atom. The summed E-state index contributed by atoms with van der Waals surface area (Å²) < 4.78 is 73.0. The molecule has 0 radical (unpaired) electrons. The van der Waals surface area contributed by atoms with Crippen molar-refractivity contribution in [2.24, 2.45) is 28.1 Å². The summed E-state index contributed by atoms with van der Waals surface area (Å²) in [5.41, 5.74) is -3.12. The second kappa shape index (κ2) is 27.2. The van der Waals surface area contributed by atoms with Gasteiger partial charge in [0.05, 0.1) is 50.7 Å². The van der Waals surface area contributed by atoms with Gasteiger partial charge >= 0.3 is 5.97 Å². The van der Waals surface area contributed by atoms with Crippen LogP contribution in [0.25, 0.3) is 0 Å². The highest BCUT2D eigenvalue weighted by atomic mass is 16.8. The van der Waals surface area contributed by atoms with Crippen molar-refractivity contribution in [1.29, 1.82) is 0 Å². The maximum atomic E-state index is 15.4. The molecule has 33 heteroatoms. The lowest BCUT2D eigenvalue weighted by Gasteiger charge is -2.64. The Morgan fingerprint density at radius 2 is 0.775 bits per heavy atom. The van der Waals surface area contributed by atoms with Crippen LogP contribution in [0, 0.1) is 28.1 Å². The van der Waals surface area contributed by atoms with Crippen LogP contribution in [0.15, 0.2) is 11.6 Å². The lowest BCUT2D eigenvalue weighted by Crippen LogP contribution is -2.68. The third kappa shape index (κ3) is 12.3. The third-order valence-corrected chi connectivity index (χ3v) is 21.2. The lowest BCUT2D eigenvalue weighted by atomic mass is 9.40. The maximum Gasteiger partial charge on any atom is 0.314 e. The van der Waals surface area contributed by atoms with E-state index in [1.54, 1.807) is 6.92 Å². The van der Waals surface area contributed by atoms with Crippen molar-refractivity contribution >= 4 is 5.97 Å². The zero-order valence-corrected chi connectivity index (χ0v) is 49.2. The fourth-order valence-corrected chi connectivity index (χ4v) is 16.3. The average molecular weight is 1290 g/mol. The van der Waals surface area contributed by atoms with Gasteiger partial charge in [-0.3, -0.25) is 4.79 Å². The van der Waals surface area contributed by atoms with E-state index in [0.29, 0.717) is 38.5 Å². The Labute approximate surface area is 509 Å². The summed E-state index contributed by atoms with van der Waals surface area (Å²) in [6.07, 6.45) is -50.0. The van der Waals surface area contributed by atoms with Gasteiger partial charge < -0.3 is 159 Å². The summed E-state index contributed by atoms with van der Waals surface area (Å²) in [4.78, 5) is 15.4. The minimum atomic E-state index is -2.08. The molecular formula is C56H90O33. The number of aliphatic hydroxyl groups is 20. The highest BCUT2D eigenvalue weighted by Gasteiger charge is 2.69. The molecule has 6 saturated heterocycles. The molecule has 4 aliphatic carbocycles. The van der Waals surface area contributed by atoms with Crippen LogP contribution in [-0.2, 0) is 61.6 Å². The van der Waals surface area contributed by atoms with Crippen LogP contribution in [0.5, 0.6) is 0 Å². The smallest absolute Gasteiger partial charge is 0.314 e. The van der Waals surface area contributed by atoms with Gasteiger partial charge in [0.15, 0.2) is 37.6 Å². The zero-order valence-electron chi connectivity index (χ0n) is 49.2. The molecule has 20 N–H and O–H groups in total. The second-order valence-corrected chi connectivity index (χ2v) is 26.3. The number of hydrogen-bond donors (Lipinski definition) is 20. The Kier molecular flexibility index (Phi) is 21.4. The van der Waals surface area contributed by atoms with Crippen LogP contribution < -0.4 is 0 Å². The molecule has 6 aliphatic heterocycles. The zero-order chi connectivity index (χ0) is 64.7. The summed E-state index contributed by atoms with van der Waals surface area (Å²) in [5.74, 6) is -1.45. The van der Waals surface area contributed by atoms with Gasteiger partial charge in [0.2, 0.25) is 6.29 Å². The first-order chi connectivity index (χ1) is 42.1. The molecule has 6 heterocycles. The molecule has 3 saturated carbocycles. The largest absolute Gasteiger partial charge is 0.432 e. The summed E-state index contributed by atoms with van der Waals surface area (Å²) in [5, 5.41) is 215. The van der Waals surface area contributed by atoms with Crippen molar-refractivity contribution in [3.63, 3.8) is 0 Å². The number of fused-ring (bicyclic) bond motifs is 3. The maximum absolute atomic E-state index is 15.4. The van der Waals surface area contributed by atoms with Crippen LogP contribution in [0.3, 0.4) is 0 Å². The molecule has 10 aliphatic rings. The topological polar surface area (TPSA) is 532 Å². The Hall–Kier alpha value is -2.03. The van der Waals surface area contributed by atoms with E-state index in [-0.39, 0.29) is 18.8 Å². The fourth-order valence-electron chi connectivity index (χ4n) is 16.3. The number of allylic oxidation sites excluding steroid dienone is 1. The molecule has 512 valence electrons. The normalized spacial score (nSPS) is 54.4. The van der Waals surface area contributed by atoms with Crippen LogP contribution in [0.1, 0.15) is 72.1 Å². The van der Waals surface area contributed by atoms with Crippen molar-refractivity contribution < 1.29 is 164 Å². The average Bonchev–Trinajstić information content (AvgIpc) is 1.62. The summed E-state index contributed by atoms with van der Waals surface area (Å²) >= 11 is 0. The Bertz CT molecular complexity index is 2410.